The molecule has 0 unspecified atom stereocenters. The molecule has 0 fully saturated rings. The molecule has 1 aromatic heterocycles. The molecule has 0 bridgehead atoms. The summed E-state index contributed by atoms with van der Waals surface area (Å²) in [5, 5.41) is 5.89. The van der Waals surface area contributed by atoms with Crippen LogP contribution in [0.3, 0.4) is 0 Å². The van der Waals surface area contributed by atoms with Crippen molar-refractivity contribution in [1.82, 2.24) is 10.1 Å². The summed E-state index contributed by atoms with van der Waals surface area (Å²) in [6.07, 6.45) is -2.38. The highest BCUT2D eigenvalue weighted by atomic mass is 19.4. The molecule has 9 heteroatoms. The third-order valence-electron chi connectivity index (χ3n) is 3.14. The topological polar surface area (TPSA) is 68.0 Å². The van der Waals surface area contributed by atoms with E-state index in [1.54, 1.807) is 0 Å². The molecule has 1 N–H and O–H groups in total. The zero-order chi connectivity index (χ0) is 17.6. The SMILES string of the molecule is O=C(CCCCCc1noc(C(F)(F)F)n1)Nc1ccc(F)cc1. The molecule has 130 valence electrons. The first kappa shape index (κ1) is 17.9. The van der Waals surface area contributed by atoms with E-state index < -0.39 is 12.1 Å². The summed E-state index contributed by atoms with van der Waals surface area (Å²) < 4.78 is 53.7. The van der Waals surface area contributed by atoms with Crippen LogP contribution < -0.4 is 5.32 Å². The number of nitrogens with zero attached hydrogens (tertiary/aromatic N) is 2. The van der Waals surface area contributed by atoms with Crippen molar-refractivity contribution in [2.45, 2.75) is 38.3 Å². The van der Waals surface area contributed by atoms with Crippen molar-refractivity contribution in [3.05, 3.63) is 41.8 Å². The van der Waals surface area contributed by atoms with Crippen LogP contribution in [0.5, 0.6) is 0 Å². The number of halogens is 4. The van der Waals surface area contributed by atoms with E-state index in [-0.39, 0.29) is 30.4 Å². The van der Waals surface area contributed by atoms with Crippen LogP contribution in [-0.2, 0) is 17.4 Å². The standard InChI is InChI=1S/C15H15F4N3O2/c16-10-6-8-11(9-7-10)20-13(23)5-3-1-2-4-12-21-14(24-22-12)15(17,18)19/h6-9H,1-5H2,(H,20,23). The van der Waals surface area contributed by atoms with E-state index in [2.05, 4.69) is 20.0 Å². The van der Waals surface area contributed by atoms with Gasteiger partial charge in [0.15, 0.2) is 5.82 Å². The van der Waals surface area contributed by atoms with E-state index in [1.165, 1.54) is 24.3 Å². The van der Waals surface area contributed by atoms with E-state index in [0.29, 0.717) is 24.9 Å². The monoisotopic (exact) mass is 345 g/mol. The van der Waals surface area contributed by atoms with Gasteiger partial charge >= 0.3 is 12.1 Å². The number of alkyl halides is 3. The number of amides is 1. The Morgan fingerprint density at radius 3 is 2.46 bits per heavy atom. The number of hydrogen-bond donors (Lipinski definition) is 1. The van der Waals surface area contributed by atoms with Gasteiger partial charge in [0, 0.05) is 18.5 Å². The van der Waals surface area contributed by atoms with Crippen LogP contribution in [0.15, 0.2) is 28.8 Å². The number of aromatic nitrogens is 2. The maximum atomic E-state index is 12.7. The Labute approximate surface area is 135 Å². The number of benzene rings is 1. The number of carbonyl (C=O) groups excluding carboxylic acids is 1. The van der Waals surface area contributed by atoms with Gasteiger partial charge in [-0.25, -0.2) is 4.39 Å². The second-order valence-electron chi connectivity index (χ2n) is 5.13. The molecule has 0 aliphatic heterocycles. The molecule has 0 atom stereocenters. The molecule has 2 aromatic rings. The second-order valence-corrected chi connectivity index (χ2v) is 5.13. The molecular formula is C15H15F4N3O2. The highest BCUT2D eigenvalue weighted by Gasteiger charge is 2.38. The number of nitrogens with one attached hydrogen (secondary N) is 1. The van der Waals surface area contributed by atoms with Crippen molar-refractivity contribution in [3.63, 3.8) is 0 Å². The Morgan fingerprint density at radius 1 is 1.12 bits per heavy atom. The molecule has 1 amide bonds. The van der Waals surface area contributed by atoms with Crippen LogP contribution in [-0.4, -0.2) is 16.0 Å². The third-order valence-corrected chi connectivity index (χ3v) is 3.14. The highest BCUT2D eigenvalue weighted by Crippen LogP contribution is 2.27. The Bertz CT molecular complexity index is 668. The van der Waals surface area contributed by atoms with Crippen molar-refractivity contribution in [1.29, 1.82) is 0 Å². The lowest BCUT2D eigenvalue weighted by molar-refractivity contribution is -0.159. The van der Waals surface area contributed by atoms with Gasteiger partial charge in [-0.3, -0.25) is 4.79 Å². The number of aryl methyl sites for hydroxylation is 1. The van der Waals surface area contributed by atoms with Crippen LogP contribution in [0, 0.1) is 5.82 Å². The fraction of sp³-hybridized carbons (Fsp3) is 0.400. The average Bonchev–Trinajstić information content (AvgIpc) is 2.98. The first-order chi connectivity index (χ1) is 11.3. The summed E-state index contributed by atoms with van der Waals surface area (Å²) in [5.41, 5.74) is 0.507. The van der Waals surface area contributed by atoms with Crippen molar-refractivity contribution in [3.8, 4) is 0 Å². The third kappa shape index (κ3) is 5.64. The normalized spacial score (nSPS) is 11.5. The van der Waals surface area contributed by atoms with Gasteiger partial charge in [0.2, 0.25) is 5.91 Å². The Balaban J connectivity index is 1.63. The van der Waals surface area contributed by atoms with Crippen LogP contribution in [0.2, 0.25) is 0 Å². The average molecular weight is 345 g/mol. The summed E-state index contributed by atoms with van der Waals surface area (Å²) in [6, 6.07) is 5.41. The number of anilines is 1. The summed E-state index contributed by atoms with van der Waals surface area (Å²) in [6.45, 7) is 0. The maximum Gasteiger partial charge on any atom is 0.471 e. The first-order valence-corrected chi connectivity index (χ1v) is 7.30. The van der Waals surface area contributed by atoms with Gasteiger partial charge in [0.25, 0.3) is 0 Å². The fourth-order valence-corrected chi connectivity index (χ4v) is 1.97. The second kappa shape index (κ2) is 7.89. The van der Waals surface area contributed by atoms with Crippen LogP contribution in [0.25, 0.3) is 0 Å². The number of carbonyl (C=O) groups is 1. The van der Waals surface area contributed by atoms with Crippen molar-refractivity contribution < 1.29 is 26.9 Å². The molecule has 0 aliphatic carbocycles. The minimum Gasteiger partial charge on any atom is -0.329 e. The smallest absolute Gasteiger partial charge is 0.329 e. The van der Waals surface area contributed by atoms with Crippen LogP contribution in [0.4, 0.5) is 23.2 Å². The molecule has 0 spiro atoms. The van der Waals surface area contributed by atoms with E-state index >= 15 is 0 Å². The van der Waals surface area contributed by atoms with Gasteiger partial charge in [0.1, 0.15) is 5.82 Å². The minimum absolute atomic E-state index is 0.00177. The van der Waals surface area contributed by atoms with Gasteiger partial charge in [-0.05, 0) is 37.1 Å². The predicted molar refractivity (Wildman–Crippen MR) is 76.5 cm³/mol. The first-order valence-electron chi connectivity index (χ1n) is 7.30. The molecule has 1 aromatic carbocycles. The molecular weight excluding hydrogens is 330 g/mol. The zero-order valence-corrected chi connectivity index (χ0v) is 12.6. The predicted octanol–water partition coefficient (Wildman–Crippen LogP) is 3.97. The summed E-state index contributed by atoms with van der Waals surface area (Å²) in [4.78, 5) is 14.9. The summed E-state index contributed by atoms with van der Waals surface area (Å²) >= 11 is 0. The molecule has 0 saturated heterocycles. The minimum atomic E-state index is -4.64. The zero-order valence-electron chi connectivity index (χ0n) is 12.6. The Hall–Kier alpha value is -2.45. The van der Waals surface area contributed by atoms with Gasteiger partial charge in [0.05, 0.1) is 0 Å². The van der Waals surface area contributed by atoms with Crippen LogP contribution in [0.1, 0.15) is 37.4 Å². The lowest BCUT2D eigenvalue weighted by Crippen LogP contribution is -2.11. The molecule has 0 radical (unpaired) electrons. The van der Waals surface area contributed by atoms with Gasteiger partial charge < -0.3 is 9.84 Å². The number of unbranched alkanes of at least 4 members (excludes halogenated alkanes) is 2. The van der Waals surface area contributed by atoms with Gasteiger partial charge in [-0.15, -0.1) is 0 Å². The lowest BCUT2D eigenvalue weighted by Gasteiger charge is -2.04. The van der Waals surface area contributed by atoms with E-state index in [9.17, 15) is 22.4 Å². The van der Waals surface area contributed by atoms with Crippen molar-refractivity contribution in [2.24, 2.45) is 0 Å². The van der Waals surface area contributed by atoms with E-state index in [1.807, 2.05) is 0 Å². The number of hydrogen-bond acceptors (Lipinski definition) is 4. The highest BCUT2D eigenvalue weighted by molar-refractivity contribution is 5.90. The van der Waals surface area contributed by atoms with Crippen molar-refractivity contribution >= 4 is 11.6 Å². The molecule has 0 aliphatic rings. The van der Waals surface area contributed by atoms with Crippen LogP contribution >= 0.6 is 0 Å². The Kier molecular flexibility index (Phi) is 5.88. The van der Waals surface area contributed by atoms with Crippen molar-refractivity contribution in [2.75, 3.05) is 5.32 Å². The summed E-state index contributed by atoms with van der Waals surface area (Å²) in [7, 11) is 0. The van der Waals surface area contributed by atoms with E-state index in [4.69, 9.17) is 0 Å². The maximum absolute atomic E-state index is 12.7. The molecule has 2 rings (SSSR count). The largest absolute Gasteiger partial charge is 0.471 e. The van der Waals surface area contributed by atoms with Gasteiger partial charge in [-0.1, -0.05) is 11.6 Å². The fourth-order valence-electron chi connectivity index (χ4n) is 1.97. The van der Waals surface area contributed by atoms with E-state index in [0.717, 1.165) is 0 Å². The summed E-state index contributed by atoms with van der Waals surface area (Å²) in [5.74, 6) is -1.95. The lowest BCUT2D eigenvalue weighted by atomic mass is 10.1. The molecule has 1 heterocycles. The van der Waals surface area contributed by atoms with Gasteiger partial charge in [-0.2, -0.15) is 18.2 Å². The quantitative estimate of drug-likeness (QED) is 0.609. The Morgan fingerprint density at radius 2 is 1.83 bits per heavy atom. The molecule has 24 heavy (non-hydrogen) atoms. The molecule has 5 nitrogen and oxygen atoms in total. The number of rotatable bonds is 7. The molecule has 0 saturated carbocycles.